The van der Waals surface area contributed by atoms with E-state index in [9.17, 15) is 0 Å². The highest BCUT2D eigenvalue weighted by atomic mass is 15.1. The Morgan fingerprint density at radius 3 is 2.84 bits per heavy atom. The molecule has 4 heteroatoms. The molecule has 2 aromatic rings. The lowest BCUT2D eigenvalue weighted by Crippen LogP contribution is -2.21. The van der Waals surface area contributed by atoms with Crippen molar-refractivity contribution >= 4 is 11.0 Å². The topological polar surface area (TPSA) is 44.0 Å². The molecule has 1 heterocycles. The molecular formula is C15H24N4. The van der Waals surface area contributed by atoms with Crippen molar-refractivity contribution in [2.24, 2.45) is 0 Å². The third-order valence-electron chi connectivity index (χ3n) is 3.54. The van der Waals surface area contributed by atoms with Gasteiger partial charge in [0.2, 0.25) is 0 Å². The van der Waals surface area contributed by atoms with Crippen molar-refractivity contribution in [2.45, 2.75) is 25.8 Å². The largest absolute Gasteiger partial charge is 0.342 e. The highest BCUT2D eigenvalue weighted by Gasteiger charge is 2.14. The van der Waals surface area contributed by atoms with Crippen LogP contribution >= 0.6 is 0 Å². The van der Waals surface area contributed by atoms with Gasteiger partial charge in [-0.25, -0.2) is 4.98 Å². The molecular weight excluding hydrogens is 236 g/mol. The Hall–Kier alpha value is -1.39. The van der Waals surface area contributed by atoms with Crippen molar-refractivity contribution in [3.8, 4) is 0 Å². The first-order valence-electron chi connectivity index (χ1n) is 6.89. The fourth-order valence-electron chi connectivity index (χ4n) is 2.56. The zero-order valence-electron chi connectivity index (χ0n) is 12.3. The third-order valence-corrected chi connectivity index (χ3v) is 3.54. The second kappa shape index (κ2) is 6.17. The minimum absolute atomic E-state index is 0.460. The molecule has 0 radical (unpaired) electrons. The molecule has 0 bridgehead atoms. The lowest BCUT2D eigenvalue weighted by molar-refractivity contribution is 0.279. The number of hydrogen-bond donors (Lipinski definition) is 2. The summed E-state index contributed by atoms with van der Waals surface area (Å²) >= 11 is 0. The number of nitrogens with one attached hydrogen (secondary N) is 2. The maximum absolute atomic E-state index is 4.45. The van der Waals surface area contributed by atoms with E-state index in [1.165, 1.54) is 12.0 Å². The SMILES string of the molecule is CNCCCC(c1ccc2nc(C)[nH]c2c1)N(C)C. The number of imidazole rings is 1. The number of rotatable bonds is 6. The Labute approximate surface area is 115 Å². The molecule has 0 aliphatic heterocycles. The van der Waals surface area contributed by atoms with E-state index in [0.717, 1.165) is 29.8 Å². The van der Waals surface area contributed by atoms with Crippen LogP contribution in [0.4, 0.5) is 0 Å². The molecule has 1 aromatic carbocycles. The summed E-state index contributed by atoms with van der Waals surface area (Å²) in [5.74, 6) is 0.976. The van der Waals surface area contributed by atoms with Crippen molar-refractivity contribution < 1.29 is 0 Å². The molecule has 1 unspecified atom stereocenters. The molecule has 0 saturated heterocycles. The van der Waals surface area contributed by atoms with Crippen LogP contribution in [0.2, 0.25) is 0 Å². The number of hydrogen-bond acceptors (Lipinski definition) is 3. The van der Waals surface area contributed by atoms with E-state index < -0.39 is 0 Å². The molecule has 2 rings (SSSR count). The van der Waals surface area contributed by atoms with Gasteiger partial charge in [0.1, 0.15) is 5.82 Å². The molecule has 0 saturated carbocycles. The number of aryl methyl sites for hydroxylation is 1. The van der Waals surface area contributed by atoms with Gasteiger partial charge in [0, 0.05) is 6.04 Å². The number of H-pyrrole nitrogens is 1. The number of aromatic nitrogens is 2. The third kappa shape index (κ3) is 3.33. The van der Waals surface area contributed by atoms with Crippen LogP contribution in [0.3, 0.4) is 0 Å². The molecule has 19 heavy (non-hydrogen) atoms. The summed E-state index contributed by atoms with van der Waals surface area (Å²) in [5, 5.41) is 3.21. The summed E-state index contributed by atoms with van der Waals surface area (Å²) in [4.78, 5) is 10.1. The minimum atomic E-state index is 0.460. The molecule has 0 aliphatic carbocycles. The number of fused-ring (bicyclic) bond motifs is 1. The summed E-state index contributed by atoms with van der Waals surface area (Å²) in [6.07, 6.45) is 2.34. The standard InChI is InChI=1S/C15H24N4/c1-11-17-13-8-7-12(10-14(13)18-11)15(19(3)4)6-5-9-16-2/h7-8,10,15-16H,5-6,9H2,1-4H3,(H,17,18). The molecule has 104 valence electrons. The Kier molecular flexibility index (Phi) is 4.56. The van der Waals surface area contributed by atoms with Crippen LogP contribution in [0.25, 0.3) is 11.0 Å². The maximum atomic E-state index is 4.45. The molecule has 0 aliphatic rings. The van der Waals surface area contributed by atoms with Gasteiger partial charge >= 0.3 is 0 Å². The predicted octanol–water partition coefficient (Wildman–Crippen LogP) is 2.47. The lowest BCUT2D eigenvalue weighted by Gasteiger charge is -2.24. The quantitative estimate of drug-likeness (QED) is 0.784. The van der Waals surface area contributed by atoms with Crippen molar-refractivity contribution in [3.05, 3.63) is 29.6 Å². The zero-order valence-corrected chi connectivity index (χ0v) is 12.3. The van der Waals surface area contributed by atoms with E-state index in [1.54, 1.807) is 0 Å². The zero-order chi connectivity index (χ0) is 13.8. The number of nitrogens with zero attached hydrogens (tertiary/aromatic N) is 2. The molecule has 0 amide bonds. The van der Waals surface area contributed by atoms with E-state index in [4.69, 9.17) is 0 Å². The first-order chi connectivity index (χ1) is 9.11. The van der Waals surface area contributed by atoms with E-state index >= 15 is 0 Å². The molecule has 2 N–H and O–H groups in total. The molecule has 4 nitrogen and oxygen atoms in total. The van der Waals surface area contributed by atoms with Gasteiger partial charge in [-0.05, 0) is 65.1 Å². The Balaban J connectivity index is 2.22. The van der Waals surface area contributed by atoms with E-state index in [2.05, 4.69) is 52.5 Å². The van der Waals surface area contributed by atoms with Gasteiger partial charge in [0.15, 0.2) is 0 Å². The average Bonchev–Trinajstić information content (AvgIpc) is 2.73. The average molecular weight is 260 g/mol. The van der Waals surface area contributed by atoms with Gasteiger partial charge in [0.25, 0.3) is 0 Å². The van der Waals surface area contributed by atoms with E-state index in [-0.39, 0.29) is 0 Å². The van der Waals surface area contributed by atoms with Crippen LogP contribution in [0, 0.1) is 6.92 Å². The van der Waals surface area contributed by atoms with Crippen LogP contribution in [0.1, 0.15) is 30.3 Å². The highest BCUT2D eigenvalue weighted by molar-refractivity contribution is 5.75. The van der Waals surface area contributed by atoms with Crippen molar-refractivity contribution in [3.63, 3.8) is 0 Å². The maximum Gasteiger partial charge on any atom is 0.104 e. The summed E-state index contributed by atoms with van der Waals surface area (Å²) in [6, 6.07) is 7.01. The second-order valence-electron chi connectivity index (χ2n) is 5.32. The monoisotopic (exact) mass is 260 g/mol. The Morgan fingerprint density at radius 2 is 2.16 bits per heavy atom. The molecule has 0 fully saturated rings. The lowest BCUT2D eigenvalue weighted by atomic mass is 10.0. The molecule has 0 spiro atoms. The van der Waals surface area contributed by atoms with Crippen LogP contribution in [0.15, 0.2) is 18.2 Å². The molecule has 1 atom stereocenters. The first-order valence-corrected chi connectivity index (χ1v) is 6.89. The molecule has 1 aromatic heterocycles. The van der Waals surface area contributed by atoms with Crippen LogP contribution < -0.4 is 5.32 Å². The normalized spacial score (nSPS) is 13.3. The first kappa shape index (κ1) is 14.0. The van der Waals surface area contributed by atoms with Crippen LogP contribution in [-0.4, -0.2) is 42.6 Å². The summed E-state index contributed by atoms with van der Waals surface area (Å²) in [6.45, 7) is 3.06. The predicted molar refractivity (Wildman–Crippen MR) is 80.4 cm³/mol. The van der Waals surface area contributed by atoms with E-state index in [0.29, 0.717) is 6.04 Å². The van der Waals surface area contributed by atoms with Gasteiger partial charge in [-0.1, -0.05) is 6.07 Å². The smallest absolute Gasteiger partial charge is 0.104 e. The van der Waals surface area contributed by atoms with Gasteiger partial charge in [-0.15, -0.1) is 0 Å². The van der Waals surface area contributed by atoms with Crippen molar-refractivity contribution in [1.29, 1.82) is 0 Å². The van der Waals surface area contributed by atoms with E-state index in [1.807, 2.05) is 14.0 Å². The van der Waals surface area contributed by atoms with Crippen molar-refractivity contribution in [2.75, 3.05) is 27.7 Å². The van der Waals surface area contributed by atoms with Gasteiger partial charge in [-0.3, -0.25) is 0 Å². The Morgan fingerprint density at radius 1 is 1.37 bits per heavy atom. The summed E-state index contributed by atoms with van der Waals surface area (Å²) in [5.41, 5.74) is 3.54. The van der Waals surface area contributed by atoms with Gasteiger partial charge in [0.05, 0.1) is 11.0 Å². The van der Waals surface area contributed by atoms with Crippen molar-refractivity contribution in [1.82, 2.24) is 20.2 Å². The van der Waals surface area contributed by atoms with Gasteiger partial charge in [-0.2, -0.15) is 0 Å². The number of benzene rings is 1. The second-order valence-corrected chi connectivity index (χ2v) is 5.32. The minimum Gasteiger partial charge on any atom is -0.342 e. The van der Waals surface area contributed by atoms with Gasteiger partial charge < -0.3 is 15.2 Å². The summed E-state index contributed by atoms with van der Waals surface area (Å²) < 4.78 is 0. The fourth-order valence-corrected chi connectivity index (χ4v) is 2.56. The van der Waals surface area contributed by atoms with Crippen LogP contribution in [0.5, 0.6) is 0 Å². The Bertz CT molecular complexity index is 530. The fraction of sp³-hybridized carbons (Fsp3) is 0.533. The summed E-state index contributed by atoms with van der Waals surface area (Å²) in [7, 11) is 6.29. The van der Waals surface area contributed by atoms with Crippen LogP contribution in [-0.2, 0) is 0 Å². The number of aromatic amines is 1. The highest BCUT2D eigenvalue weighted by Crippen LogP contribution is 2.26.